The third-order valence-electron chi connectivity index (χ3n) is 3.74. The van der Waals surface area contributed by atoms with Gasteiger partial charge in [0.25, 0.3) is 0 Å². The number of hydrogen-bond acceptors (Lipinski definition) is 4. The van der Waals surface area contributed by atoms with Crippen LogP contribution in [0.25, 0.3) is 0 Å². The fourth-order valence-corrected chi connectivity index (χ4v) is 2.59. The molecule has 1 heterocycles. The van der Waals surface area contributed by atoms with E-state index in [1.165, 1.54) is 0 Å². The Bertz CT molecular complexity index is 645. The number of imidazole rings is 1. The molecule has 0 radical (unpaired) electrons. The smallest absolute Gasteiger partial charge is 0.407 e. The van der Waals surface area contributed by atoms with Gasteiger partial charge in [-0.15, -0.1) is 0 Å². The zero-order chi connectivity index (χ0) is 17.4. The third kappa shape index (κ3) is 5.77. The van der Waals surface area contributed by atoms with Crippen LogP contribution in [0.2, 0.25) is 5.15 Å². The monoisotopic (exact) mass is 350 g/mol. The molecule has 0 saturated carbocycles. The number of nitrogens with zero attached hydrogens (tertiary/aromatic N) is 2. The second kappa shape index (κ2) is 9.17. The summed E-state index contributed by atoms with van der Waals surface area (Å²) in [6.07, 6.45) is 4.10. The molecule has 24 heavy (non-hydrogen) atoms. The Morgan fingerprint density at radius 1 is 1.38 bits per heavy atom. The fourth-order valence-electron chi connectivity index (χ4n) is 2.40. The number of halogens is 1. The van der Waals surface area contributed by atoms with Gasteiger partial charge in [-0.1, -0.05) is 41.9 Å². The highest BCUT2D eigenvalue weighted by Gasteiger charge is 2.10. The van der Waals surface area contributed by atoms with Crippen molar-refractivity contribution in [1.82, 2.24) is 14.9 Å². The van der Waals surface area contributed by atoms with Gasteiger partial charge in [0.15, 0.2) is 0 Å². The Labute approximate surface area is 147 Å². The molecule has 1 aromatic carbocycles. The van der Waals surface area contributed by atoms with Gasteiger partial charge in [-0.05, 0) is 31.7 Å². The minimum Gasteiger partial charge on any atom is -0.445 e. The molecular formula is C17H23ClN4O2. The summed E-state index contributed by atoms with van der Waals surface area (Å²) in [5.74, 6) is 0.426. The van der Waals surface area contributed by atoms with E-state index in [0.29, 0.717) is 17.6 Å². The van der Waals surface area contributed by atoms with Gasteiger partial charge in [0, 0.05) is 18.8 Å². The molecule has 1 aromatic heterocycles. The van der Waals surface area contributed by atoms with Crippen molar-refractivity contribution >= 4 is 23.6 Å². The van der Waals surface area contributed by atoms with Crippen molar-refractivity contribution in [2.75, 3.05) is 12.3 Å². The average Bonchev–Trinajstić information content (AvgIpc) is 2.92. The van der Waals surface area contributed by atoms with Crippen LogP contribution >= 0.6 is 11.6 Å². The Kier molecular flexibility index (Phi) is 6.93. The molecule has 0 fully saturated rings. The molecule has 0 aliphatic rings. The summed E-state index contributed by atoms with van der Waals surface area (Å²) in [5.41, 5.74) is 6.76. The lowest BCUT2D eigenvalue weighted by atomic mass is 10.1. The minimum atomic E-state index is -0.391. The number of anilines is 1. The number of amides is 1. The van der Waals surface area contributed by atoms with E-state index in [1.807, 2.05) is 34.9 Å². The first-order valence-electron chi connectivity index (χ1n) is 8.00. The maximum atomic E-state index is 11.6. The summed E-state index contributed by atoms with van der Waals surface area (Å²) < 4.78 is 7.01. The van der Waals surface area contributed by atoms with Crippen LogP contribution in [0.15, 0.2) is 36.5 Å². The number of carbonyl (C=O) groups excluding carboxylic acids is 1. The molecule has 0 aliphatic carbocycles. The van der Waals surface area contributed by atoms with Crippen molar-refractivity contribution in [3.8, 4) is 0 Å². The number of unbranched alkanes of at least 4 members (excludes halogenated alkanes) is 1. The van der Waals surface area contributed by atoms with E-state index in [2.05, 4.69) is 17.2 Å². The maximum Gasteiger partial charge on any atom is 0.407 e. The number of carbonyl (C=O) groups is 1. The van der Waals surface area contributed by atoms with Crippen LogP contribution in [0.4, 0.5) is 10.7 Å². The van der Waals surface area contributed by atoms with Gasteiger partial charge >= 0.3 is 6.09 Å². The van der Waals surface area contributed by atoms with E-state index in [4.69, 9.17) is 22.1 Å². The summed E-state index contributed by atoms with van der Waals surface area (Å²) in [6.45, 7) is 2.93. The first kappa shape index (κ1) is 18.1. The van der Waals surface area contributed by atoms with Crippen LogP contribution in [0.5, 0.6) is 0 Å². The van der Waals surface area contributed by atoms with Crippen molar-refractivity contribution in [3.05, 3.63) is 47.2 Å². The number of ether oxygens (including phenoxy) is 1. The number of nitrogens with two attached hydrogens (primary N) is 1. The third-order valence-corrected chi connectivity index (χ3v) is 3.92. The average molecular weight is 351 g/mol. The van der Waals surface area contributed by atoms with Crippen LogP contribution in [0.3, 0.4) is 0 Å². The molecule has 0 spiro atoms. The van der Waals surface area contributed by atoms with E-state index < -0.39 is 6.09 Å². The fraction of sp³-hybridized carbons (Fsp3) is 0.412. The van der Waals surface area contributed by atoms with Gasteiger partial charge in [0.05, 0.1) is 0 Å². The molecule has 0 bridgehead atoms. The summed E-state index contributed by atoms with van der Waals surface area (Å²) >= 11 is 5.83. The lowest BCUT2D eigenvalue weighted by Crippen LogP contribution is -2.25. The van der Waals surface area contributed by atoms with Gasteiger partial charge in [-0.25, -0.2) is 9.78 Å². The molecule has 1 atom stereocenters. The topological polar surface area (TPSA) is 82.2 Å². The largest absolute Gasteiger partial charge is 0.445 e. The van der Waals surface area contributed by atoms with Crippen LogP contribution in [0, 0.1) is 0 Å². The van der Waals surface area contributed by atoms with E-state index in [9.17, 15) is 4.79 Å². The van der Waals surface area contributed by atoms with Gasteiger partial charge in [0.1, 0.15) is 11.8 Å². The molecule has 1 amide bonds. The first-order valence-corrected chi connectivity index (χ1v) is 8.38. The van der Waals surface area contributed by atoms with Crippen molar-refractivity contribution in [2.24, 2.45) is 0 Å². The summed E-state index contributed by atoms with van der Waals surface area (Å²) in [7, 11) is 0. The molecule has 2 aromatic rings. The molecule has 130 valence electrons. The van der Waals surface area contributed by atoms with E-state index in [0.717, 1.165) is 24.8 Å². The predicted octanol–water partition coefficient (Wildman–Crippen LogP) is 3.78. The lowest BCUT2D eigenvalue weighted by Gasteiger charge is -2.14. The second-order valence-corrected chi connectivity index (χ2v) is 6.05. The van der Waals surface area contributed by atoms with Crippen LogP contribution in [-0.4, -0.2) is 22.2 Å². The SMILES string of the molecule is C[C@@H](CCCCNC(=O)OCc1ccccc1)n1cc(Cl)nc1N. The van der Waals surface area contributed by atoms with Crippen LogP contribution < -0.4 is 11.1 Å². The number of nitrogen functional groups attached to an aromatic ring is 1. The molecule has 0 saturated heterocycles. The standard InChI is InChI=1S/C17H23ClN4O2/c1-13(22-11-15(18)21-16(22)19)7-5-6-10-20-17(23)24-12-14-8-3-2-4-9-14/h2-4,8-9,11,13H,5-7,10,12H2,1H3,(H2,19,21)(H,20,23)/t13-/m0/s1. The minimum absolute atomic E-state index is 0.218. The van der Waals surface area contributed by atoms with Gasteiger partial charge in [-0.2, -0.15) is 0 Å². The van der Waals surface area contributed by atoms with Crippen molar-refractivity contribution in [2.45, 2.75) is 38.8 Å². The highest BCUT2D eigenvalue weighted by molar-refractivity contribution is 6.29. The van der Waals surface area contributed by atoms with E-state index in [-0.39, 0.29) is 12.6 Å². The quantitative estimate of drug-likeness (QED) is 0.710. The van der Waals surface area contributed by atoms with Crippen molar-refractivity contribution in [1.29, 1.82) is 0 Å². The summed E-state index contributed by atoms with van der Waals surface area (Å²) in [5, 5.41) is 3.16. The van der Waals surface area contributed by atoms with E-state index >= 15 is 0 Å². The maximum absolute atomic E-state index is 11.6. The first-order chi connectivity index (χ1) is 11.6. The van der Waals surface area contributed by atoms with E-state index in [1.54, 1.807) is 6.20 Å². The molecule has 0 unspecified atom stereocenters. The highest BCUT2D eigenvalue weighted by atomic mass is 35.5. The Balaban J connectivity index is 1.57. The van der Waals surface area contributed by atoms with Crippen LogP contribution in [0.1, 0.15) is 37.8 Å². The molecule has 2 rings (SSSR count). The number of aromatic nitrogens is 2. The highest BCUT2D eigenvalue weighted by Crippen LogP contribution is 2.20. The van der Waals surface area contributed by atoms with Crippen LogP contribution in [-0.2, 0) is 11.3 Å². The number of nitrogens with one attached hydrogen (secondary N) is 1. The molecular weight excluding hydrogens is 328 g/mol. The number of rotatable bonds is 8. The molecule has 0 aliphatic heterocycles. The number of benzene rings is 1. The normalized spacial score (nSPS) is 11.9. The van der Waals surface area contributed by atoms with Gasteiger partial charge in [0.2, 0.25) is 5.95 Å². The number of alkyl carbamates (subject to hydrolysis) is 1. The van der Waals surface area contributed by atoms with Crippen molar-refractivity contribution < 1.29 is 9.53 Å². The molecule has 7 heteroatoms. The second-order valence-electron chi connectivity index (χ2n) is 5.66. The Morgan fingerprint density at radius 3 is 2.79 bits per heavy atom. The molecule has 3 N–H and O–H groups in total. The Morgan fingerprint density at radius 2 is 2.12 bits per heavy atom. The predicted molar refractivity (Wildman–Crippen MR) is 94.8 cm³/mol. The van der Waals surface area contributed by atoms with Gasteiger partial charge < -0.3 is 20.4 Å². The lowest BCUT2D eigenvalue weighted by molar-refractivity contribution is 0.139. The van der Waals surface area contributed by atoms with Gasteiger partial charge in [-0.3, -0.25) is 0 Å². The molecule has 6 nitrogen and oxygen atoms in total. The summed E-state index contributed by atoms with van der Waals surface area (Å²) in [6, 6.07) is 9.81. The van der Waals surface area contributed by atoms with Crippen molar-refractivity contribution in [3.63, 3.8) is 0 Å². The zero-order valence-electron chi connectivity index (χ0n) is 13.7. The zero-order valence-corrected chi connectivity index (χ0v) is 14.5. The number of hydrogen-bond donors (Lipinski definition) is 2. The summed E-state index contributed by atoms with van der Waals surface area (Å²) in [4.78, 5) is 15.6. The Hall–Kier alpha value is -2.21.